The van der Waals surface area contributed by atoms with Crippen molar-refractivity contribution in [3.63, 3.8) is 0 Å². The summed E-state index contributed by atoms with van der Waals surface area (Å²) < 4.78 is 1.48. The van der Waals surface area contributed by atoms with Gasteiger partial charge in [-0.05, 0) is 19.1 Å². The molecule has 1 aliphatic heterocycles. The Labute approximate surface area is 155 Å². The highest BCUT2D eigenvalue weighted by atomic mass is 16.2. The third kappa shape index (κ3) is 2.99. The van der Waals surface area contributed by atoms with E-state index >= 15 is 0 Å². The van der Waals surface area contributed by atoms with Crippen LogP contribution < -0.4 is 0 Å². The minimum atomic E-state index is -0.267. The molecule has 2 aromatic heterocycles. The Bertz CT molecular complexity index is 1060. The first-order chi connectivity index (χ1) is 13.0. The fraction of sp³-hybridized carbons (Fsp3) is 0.167. The summed E-state index contributed by atoms with van der Waals surface area (Å²) in [5, 5.41) is 12.8. The fourth-order valence-electron chi connectivity index (χ4n) is 2.56. The molecule has 4 rings (SSSR count). The minimum absolute atomic E-state index is 0.204. The molecule has 1 aliphatic rings. The van der Waals surface area contributed by atoms with Crippen molar-refractivity contribution in [2.75, 3.05) is 14.1 Å². The van der Waals surface area contributed by atoms with Gasteiger partial charge in [-0.3, -0.25) is 9.78 Å². The summed E-state index contributed by atoms with van der Waals surface area (Å²) in [5.41, 5.74) is 2.91. The van der Waals surface area contributed by atoms with Crippen molar-refractivity contribution in [1.82, 2.24) is 29.7 Å². The number of benzene rings is 1. The number of fused-ring (bicyclic) bond motifs is 1. The van der Waals surface area contributed by atoms with Crippen LogP contribution in [-0.2, 0) is 4.79 Å². The second kappa shape index (κ2) is 6.52. The van der Waals surface area contributed by atoms with E-state index in [9.17, 15) is 4.79 Å². The van der Waals surface area contributed by atoms with E-state index in [-0.39, 0.29) is 11.6 Å². The number of aromatic nitrogens is 5. The quantitative estimate of drug-likeness (QED) is 0.704. The zero-order chi connectivity index (χ0) is 19.0. The molecule has 0 unspecified atom stereocenters. The Morgan fingerprint density at radius 1 is 1.07 bits per heavy atom. The second-order valence-corrected chi connectivity index (χ2v) is 6.19. The molecule has 0 saturated heterocycles. The number of amides is 1. The van der Waals surface area contributed by atoms with Crippen molar-refractivity contribution in [2.45, 2.75) is 6.92 Å². The molecule has 9 nitrogen and oxygen atoms in total. The van der Waals surface area contributed by atoms with Gasteiger partial charge in [-0.2, -0.15) is 9.78 Å². The zero-order valence-corrected chi connectivity index (χ0v) is 15.0. The summed E-state index contributed by atoms with van der Waals surface area (Å²) in [4.78, 5) is 27.0. The van der Waals surface area contributed by atoms with Crippen molar-refractivity contribution in [2.24, 2.45) is 10.1 Å². The van der Waals surface area contributed by atoms with Crippen LogP contribution in [0.15, 0.2) is 52.9 Å². The van der Waals surface area contributed by atoms with Crippen LogP contribution in [0.25, 0.3) is 11.5 Å². The summed E-state index contributed by atoms with van der Waals surface area (Å²) in [5.74, 6) is 0.522. The number of rotatable bonds is 3. The third-order valence-corrected chi connectivity index (χ3v) is 3.95. The normalized spacial score (nSPS) is 14.2. The van der Waals surface area contributed by atoms with Gasteiger partial charge in [0.1, 0.15) is 11.4 Å². The van der Waals surface area contributed by atoms with Crippen LogP contribution in [0.5, 0.6) is 0 Å². The highest BCUT2D eigenvalue weighted by Crippen LogP contribution is 2.23. The first-order valence-electron chi connectivity index (χ1n) is 8.23. The molecule has 134 valence electrons. The smallest absolute Gasteiger partial charge is 0.276 e. The van der Waals surface area contributed by atoms with E-state index in [0.29, 0.717) is 28.7 Å². The zero-order valence-electron chi connectivity index (χ0n) is 15.0. The standard InChI is InChI=1S/C18H16N8O/c1-11-4-6-12(7-5-11)21-14-15(18(27)25(2)3)24-26-16(22-23-17(14)26)13-10-19-8-9-20-13/h4-10H,1-3H3. The van der Waals surface area contributed by atoms with E-state index in [4.69, 9.17) is 0 Å². The molecule has 27 heavy (non-hydrogen) atoms. The summed E-state index contributed by atoms with van der Waals surface area (Å²) in [6.45, 7) is 2.00. The fourth-order valence-corrected chi connectivity index (χ4v) is 2.56. The van der Waals surface area contributed by atoms with E-state index in [1.165, 1.54) is 9.58 Å². The molecule has 0 radical (unpaired) electrons. The van der Waals surface area contributed by atoms with Crippen molar-refractivity contribution < 1.29 is 4.79 Å². The predicted octanol–water partition coefficient (Wildman–Crippen LogP) is 1.47. The van der Waals surface area contributed by atoms with Gasteiger partial charge in [0.15, 0.2) is 5.71 Å². The van der Waals surface area contributed by atoms with Crippen molar-refractivity contribution in [3.05, 3.63) is 54.2 Å². The molecule has 1 aromatic carbocycles. The average Bonchev–Trinajstić information content (AvgIpc) is 3.23. The van der Waals surface area contributed by atoms with Crippen LogP contribution in [0, 0.1) is 6.92 Å². The number of hydrogen-bond donors (Lipinski definition) is 0. The lowest BCUT2D eigenvalue weighted by molar-refractivity contribution is -0.121. The molecule has 3 aromatic rings. The molecule has 9 heteroatoms. The van der Waals surface area contributed by atoms with Gasteiger partial charge in [0.2, 0.25) is 11.6 Å². The Morgan fingerprint density at radius 2 is 1.81 bits per heavy atom. The van der Waals surface area contributed by atoms with Gasteiger partial charge in [-0.25, -0.2) is 9.98 Å². The molecular weight excluding hydrogens is 344 g/mol. The van der Waals surface area contributed by atoms with Gasteiger partial charge in [0, 0.05) is 26.5 Å². The van der Waals surface area contributed by atoms with Crippen LogP contribution >= 0.6 is 0 Å². The Balaban J connectivity index is 1.86. The lowest BCUT2D eigenvalue weighted by Gasteiger charge is -2.09. The Morgan fingerprint density at radius 3 is 2.48 bits per heavy atom. The van der Waals surface area contributed by atoms with E-state index in [1.807, 2.05) is 31.2 Å². The topological polar surface area (TPSA) is 102 Å². The number of carbonyl (C=O) groups excluding carboxylic acids is 1. The Hall–Kier alpha value is -3.75. The highest BCUT2D eigenvalue weighted by Gasteiger charge is 2.34. The van der Waals surface area contributed by atoms with Gasteiger partial charge in [0.25, 0.3) is 5.91 Å². The number of nitrogens with zero attached hydrogens (tertiary/aromatic N) is 8. The first-order valence-corrected chi connectivity index (χ1v) is 8.23. The lowest BCUT2D eigenvalue weighted by atomic mass is 10.2. The maximum absolute atomic E-state index is 12.6. The largest absolute Gasteiger partial charge is 0.343 e. The van der Waals surface area contributed by atoms with Crippen LogP contribution in [-0.4, -0.2) is 61.2 Å². The van der Waals surface area contributed by atoms with Crippen LogP contribution in [0.2, 0.25) is 0 Å². The van der Waals surface area contributed by atoms with E-state index in [1.54, 1.807) is 32.7 Å². The third-order valence-electron chi connectivity index (χ3n) is 3.95. The van der Waals surface area contributed by atoms with Crippen molar-refractivity contribution in [1.29, 1.82) is 0 Å². The van der Waals surface area contributed by atoms with Crippen LogP contribution in [0.1, 0.15) is 11.4 Å². The average molecular weight is 360 g/mol. The summed E-state index contributed by atoms with van der Waals surface area (Å²) >= 11 is 0. The number of hydrogen-bond acceptors (Lipinski definition) is 7. The highest BCUT2D eigenvalue weighted by molar-refractivity contribution is 6.70. The van der Waals surface area contributed by atoms with Crippen molar-refractivity contribution in [3.8, 4) is 11.5 Å². The van der Waals surface area contributed by atoms with Gasteiger partial charge in [-0.1, -0.05) is 17.7 Å². The van der Waals surface area contributed by atoms with Gasteiger partial charge in [-0.15, -0.1) is 10.2 Å². The summed E-state index contributed by atoms with van der Waals surface area (Å²) in [7, 11) is 3.33. The SMILES string of the molecule is Cc1ccc(N=C2C(C(=O)N(C)C)=Nn3c2nnc3-c2cnccn2)cc1. The molecule has 0 atom stereocenters. The molecular formula is C18H16N8O. The van der Waals surface area contributed by atoms with Crippen LogP contribution in [0.4, 0.5) is 5.69 Å². The molecule has 0 N–H and O–H groups in total. The van der Waals surface area contributed by atoms with Gasteiger partial charge < -0.3 is 4.90 Å². The molecule has 0 bridgehead atoms. The van der Waals surface area contributed by atoms with E-state index in [2.05, 4.69) is 30.3 Å². The lowest BCUT2D eigenvalue weighted by Crippen LogP contribution is -2.34. The summed E-state index contributed by atoms with van der Waals surface area (Å²) in [6.07, 6.45) is 4.69. The summed E-state index contributed by atoms with van der Waals surface area (Å²) in [6, 6.07) is 7.66. The number of aryl methyl sites for hydroxylation is 1. The van der Waals surface area contributed by atoms with E-state index < -0.39 is 0 Å². The van der Waals surface area contributed by atoms with Crippen LogP contribution in [0.3, 0.4) is 0 Å². The molecule has 0 saturated carbocycles. The molecule has 1 amide bonds. The predicted molar refractivity (Wildman–Crippen MR) is 100.0 cm³/mol. The first kappa shape index (κ1) is 16.7. The van der Waals surface area contributed by atoms with E-state index in [0.717, 1.165) is 5.56 Å². The van der Waals surface area contributed by atoms with Gasteiger partial charge in [0.05, 0.1) is 11.9 Å². The van der Waals surface area contributed by atoms with Crippen molar-refractivity contribution >= 4 is 23.0 Å². The second-order valence-electron chi connectivity index (χ2n) is 6.19. The molecule has 3 heterocycles. The maximum Gasteiger partial charge on any atom is 0.276 e. The number of carbonyl (C=O) groups is 1. The molecule has 0 fully saturated rings. The molecule has 0 aliphatic carbocycles. The monoisotopic (exact) mass is 360 g/mol. The Kier molecular flexibility index (Phi) is 4.03. The van der Waals surface area contributed by atoms with Gasteiger partial charge >= 0.3 is 0 Å². The number of aliphatic imine (C=N–C) groups is 1. The minimum Gasteiger partial charge on any atom is -0.343 e. The maximum atomic E-state index is 12.6. The molecule has 0 spiro atoms.